The second-order valence-electron chi connectivity index (χ2n) is 8.93. The molecule has 3 aliphatic rings. The lowest BCUT2D eigenvalue weighted by Crippen LogP contribution is -2.38. The van der Waals surface area contributed by atoms with Crippen LogP contribution < -0.4 is 4.74 Å². The van der Waals surface area contributed by atoms with Gasteiger partial charge in [0, 0.05) is 50.0 Å². The molecule has 2 saturated heterocycles. The van der Waals surface area contributed by atoms with Crippen molar-refractivity contribution in [3.8, 4) is 5.75 Å². The average molecular weight is 444 g/mol. The third-order valence-electron chi connectivity index (χ3n) is 6.98. The fourth-order valence-electron chi connectivity index (χ4n) is 5.33. The van der Waals surface area contributed by atoms with Crippen LogP contribution in [0.25, 0.3) is 10.9 Å². The molecule has 0 radical (unpaired) electrons. The van der Waals surface area contributed by atoms with E-state index >= 15 is 0 Å². The summed E-state index contributed by atoms with van der Waals surface area (Å²) < 4.78 is 11.5. The van der Waals surface area contributed by atoms with Crippen LogP contribution in [0.5, 0.6) is 5.75 Å². The van der Waals surface area contributed by atoms with Crippen molar-refractivity contribution in [3.05, 3.63) is 66.1 Å². The zero-order valence-electron chi connectivity index (χ0n) is 18.8. The number of aromatic nitrogens is 2. The Kier molecular flexibility index (Phi) is 5.66. The van der Waals surface area contributed by atoms with Gasteiger partial charge in [0.05, 0.1) is 42.1 Å². The van der Waals surface area contributed by atoms with Gasteiger partial charge in [0.15, 0.2) is 0 Å². The van der Waals surface area contributed by atoms with Crippen molar-refractivity contribution in [2.45, 2.75) is 24.8 Å². The van der Waals surface area contributed by atoms with Gasteiger partial charge >= 0.3 is 0 Å². The molecule has 0 spiro atoms. The van der Waals surface area contributed by atoms with Crippen molar-refractivity contribution in [2.75, 3.05) is 46.0 Å². The Bertz CT molecular complexity index is 1150. The average Bonchev–Trinajstić information content (AvgIpc) is 3.46. The Morgan fingerprint density at radius 2 is 1.94 bits per heavy atom. The molecule has 2 unspecified atom stereocenters. The summed E-state index contributed by atoms with van der Waals surface area (Å²) in [5, 5.41) is 8.45. The van der Waals surface area contributed by atoms with E-state index in [9.17, 15) is 0 Å². The van der Waals surface area contributed by atoms with Crippen molar-refractivity contribution in [1.29, 1.82) is 0 Å². The largest absolute Gasteiger partial charge is 0.492 e. The molecule has 2 atom stereocenters. The van der Waals surface area contributed by atoms with E-state index < -0.39 is 0 Å². The molecule has 7 nitrogen and oxygen atoms in total. The maximum absolute atomic E-state index is 6.08. The molecule has 6 rings (SSSR count). The number of benzene rings is 1. The molecule has 170 valence electrons. The maximum Gasteiger partial charge on any atom is 0.121 e. The normalized spacial score (nSPS) is 23.0. The number of rotatable bonds is 6. The number of hydrazone groups is 1. The zero-order chi connectivity index (χ0) is 22.0. The van der Waals surface area contributed by atoms with Gasteiger partial charge in [-0.3, -0.25) is 19.9 Å². The molecule has 0 bridgehead atoms. The summed E-state index contributed by atoms with van der Waals surface area (Å²) in [7, 11) is 0. The van der Waals surface area contributed by atoms with E-state index in [1.165, 1.54) is 17.4 Å². The van der Waals surface area contributed by atoms with Crippen molar-refractivity contribution in [3.63, 3.8) is 0 Å². The van der Waals surface area contributed by atoms with Gasteiger partial charge in [-0.15, -0.1) is 0 Å². The van der Waals surface area contributed by atoms with Crippen LogP contribution in [0.4, 0.5) is 0 Å². The van der Waals surface area contributed by atoms with E-state index in [0.29, 0.717) is 12.6 Å². The van der Waals surface area contributed by atoms with E-state index in [2.05, 4.69) is 50.2 Å². The molecular weight excluding hydrogens is 414 g/mol. The molecule has 5 heterocycles. The number of pyridine rings is 2. The molecule has 2 fully saturated rings. The smallest absolute Gasteiger partial charge is 0.121 e. The summed E-state index contributed by atoms with van der Waals surface area (Å²) in [5.41, 5.74) is 4.27. The fourth-order valence-corrected chi connectivity index (χ4v) is 5.33. The van der Waals surface area contributed by atoms with Gasteiger partial charge in [-0.05, 0) is 48.7 Å². The summed E-state index contributed by atoms with van der Waals surface area (Å²) in [6, 6.07) is 14.9. The minimum absolute atomic E-state index is 0.195. The van der Waals surface area contributed by atoms with Gasteiger partial charge in [0.1, 0.15) is 12.4 Å². The molecule has 0 saturated carbocycles. The third-order valence-corrected chi connectivity index (χ3v) is 6.98. The minimum Gasteiger partial charge on any atom is -0.492 e. The van der Waals surface area contributed by atoms with Gasteiger partial charge in [0.25, 0.3) is 0 Å². The monoisotopic (exact) mass is 443 g/mol. The van der Waals surface area contributed by atoms with Crippen molar-refractivity contribution in [2.24, 2.45) is 5.10 Å². The number of hydrogen-bond donors (Lipinski definition) is 0. The molecule has 1 aromatic carbocycles. The second kappa shape index (κ2) is 9.08. The minimum atomic E-state index is 0.195. The van der Waals surface area contributed by atoms with E-state index in [0.717, 1.165) is 68.5 Å². The molecular formula is C26H29N5O2. The highest BCUT2D eigenvalue weighted by molar-refractivity contribution is 6.07. The van der Waals surface area contributed by atoms with Crippen LogP contribution in [0, 0.1) is 0 Å². The summed E-state index contributed by atoms with van der Waals surface area (Å²) in [5.74, 6) is 1.06. The highest BCUT2D eigenvalue weighted by atomic mass is 16.5. The van der Waals surface area contributed by atoms with Crippen LogP contribution in [0.3, 0.4) is 0 Å². The van der Waals surface area contributed by atoms with Crippen LogP contribution >= 0.6 is 0 Å². The van der Waals surface area contributed by atoms with Gasteiger partial charge in [-0.2, -0.15) is 5.10 Å². The third kappa shape index (κ3) is 4.07. The van der Waals surface area contributed by atoms with Crippen LogP contribution in [-0.4, -0.2) is 77.6 Å². The number of nitrogens with zero attached hydrogens (tertiary/aromatic N) is 5. The zero-order valence-corrected chi connectivity index (χ0v) is 18.8. The van der Waals surface area contributed by atoms with Crippen molar-refractivity contribution >= 4 is 16.6 Å². The highest BCUT2D eigenvalue weighted by Crippen LogP contribution is 2.41. The predicted molar refractivity (Wildman–Crippen MR) is 128 cm³/mol. The molecule has 3 aromatic rings. The molecule has 0 amide bonds. The van der Waals surface area contributed by atoms with E-state index in [4.69, 9.17) is 14.6 Å². The highest BCUT2D eigenvalue weighted by Gasteiger charge is 2.42. The molecule has 2 aromatic heterocycles. The van der Waals surface area contributed by atoms with Gasteiger partial charge in [-0.1, -0.05) is 6.07 Å². The van der Waals surface area contributed by atoms with Crippen LogP contribution in [0.15, 0.2) is 60.0 Å². The Hall–Kier alpha value is -3.03. The standard InChI is InChI=1S/C26H29N5O2/c1-2-9-27-22(4-1)26-25(24-5-3-11-31(24)29-26)21-8-10-28-23-18-19(6-7-20(21)23)33-17-14-30-12-15-32-16-13-30/h1-2,4,6-10,18,24-25H,3,5,11-17H2. The van der Waals surface area contributed by atoms with Gasteiger partial charge in [-0.25, -0.2) is 0 Å². The quantitative estimate of drug-likeness (QED) is 0.583. The SMILES string of the molecule is c1ccc(C2=NN3CCCC3C2c2ccnc3cc(OCCN4CCOCC4)ccc23)nc1. The first-order valence-corrected chi connectivity index (χ1v) is 11.9. The summed E-state index contributed by atoms with van der Waals surface area (Å²) in [4.78, 5) is 11.7. The van der Waals surface area contributed by atoms with E-state index in [1.54, 1.807) is 0 Å². The molecule has 0 aliphatic carbocycles. The predicted octanol–water partition coefficient (Wildman–Crippen LogP) is 3.31. The van der Waals surface area contributed by atoms with E-state index in [-0.39, 0.29) is 5.92 Å². The Morgan fingerprint density at radius 3 is 2.82 bits per heavy atom. The van der Waals surface area contributed by atoms with Crippen molar-refractivity contribution < 1.29 is 9.47 Å². The number of morpholine rings is 1. The van der Waals surface area contributed by atoms with Crippen LogP contribution in [-0.2, 0) is 4.74 Å². The molecule has 33 heavy (non-hydrogen) atoms. The van der Waals surface area contributed by atoms with Crippen LogP contribution in [0.1, 0.15) is 30.0 Å². The Labute approximate surface area is 194 Å². The summed E-state index contributed by atoms with van der Waals surface area (Å²) in [6.07, 6.45) is 6.10. The fraction of sp³-hybridized carbons (Fsp3) is 0.423. The lowest BCUT2D eigenvalue weighted by Gasteiger charge is -2.26. The van der Waals surface area contributed by atoms with E-state index in [1.807, 2.05) is 24.5 Å². The number of hydrogen-bond acceptors (Lipinski definition) is 7. The first-order valence-electron chi connectivity index (χ1n) is 11.9. The maximum atomic E-state index is 6.08. The van der Waals surface area contributed by atoms with Crippen LogP contribution in [0.2, 0.25) is 0 Å². The Balaban J connectivity index is 1.27. The number of fused-ring (bicyclic) bond motifs is 2. The Morgan fingerprint density at radius 1 is 1.00 bits per heavy atom. The summed E-state index contributed by atoms with van der Waals surface area (Å²) >= 11 is 0. The molecule has 0 N–H and O–H groups in total. The first-order chi connectivity index (χ1) is 16.4. The topological polar surface area (TPSA) is 63.1 Å². The van der Waals surface area contributed by atoms with Crippen molar-refractivity contribution in [1.82, 2.24) is 19.9 Å². The first kappa shape index (κ1) is 20.6. The lowest BCUT2D eigenvalue weighted by atomic mass is 9.84. The molecule has 7 heteroatoms. The van der Waals surface area contributed by atoms with Gasteiger partial charge < -0.3 is 9.47 Å². The second-order valence-corrected chi connectivity index (χ2v) is 8.93. The summed E-state index contributed by atoms with van der Waals surface area (Å²) in [6.45, 7) is 6.18. The number of ether oxygens (including phenoxy) is 2. The molecule has 3 aliphatic heterocycles. The van der Waals surface area contributed by atoms with Gasteiger partial charge in [0.2, 0.25) is 0 Å². The lowest BCUT2D eigenvalue weighted by molar-refractivity contribution is 0.0322.